The Hall–Kier alpha value is -6.28. The van der Waals surface area contributed by atoms with Crippen molar-refractivity contribution in [2.45, 2.75) is 0 Å². The molecule has 0 aliphatic carbocycles. The van der Waals surface area contributed by atoms with E-state index in [1.807, 2.05) is 48.5 Å². The van der Waals surface area contributed by atoms with Gasteiger partial charge in [-0.25, -0.2) is 9.97 Å². The van der Waals surface area contributed by atoms with E-state index in [1.165, 1.54) is 0 Å². The Morgan fingerprint density at radius 3 is 0.755 bits per heavy atom. The zero-order valence-electron chi connectivity index (χ0n) is 25.7. The predicted molar refractivity (Wildman–Crippen MR) is 190 cm³/mol. The standard InChI is InChI=1S/C40H24N8.Cu/c1-2-30-38(26-11-19-42-20-12-26)32-5-6-34(47-32)40(28-15-23-44-24-16-28)36-8-7-35(48-36)39(27-13-21-43-22-14-27)33-4-3-31(46-33)37(29(1)45-30)25-9-17-41-18-10-25;/h1-24H;/q-2;+2. The van der Waals surface area contributed by atoms with Gasteiger partial charge in [0.05, 0.1) is 22.8 Å². The van der Waals surface area contributed by atoms with E-state index in [1.54, 1.807) is 49.6 Å². The van der Waals surface area contributed by atoms with Crippen molar-refractivity contribution < 1.29 is 17.1 Å². The second-order valence-corrected chi connectivity index (χ2v) is 11.3. The van der Waals surface area contributed by atoms with Crippen LogP contribution in [-0.2, 0) is 17.1 Å². The molecule has 2 aliphatic rings. The fourth-order valence-electron chi connectivity index (χ4n) is 6.34. The number of pyridine rings is 4. The van der Waals surface area contributed by atoms with Crippen molar-refractivity contribution >= 4 is 46.4 Å². The second-order valence-electron chi connectivity index (χ2n) is 11.3. The third-order valence-electron chi connectivity index (χ3n) is 8.49. The molecule has 0 saturated carbocycles. The van der Waals surface area contributed by atoms with Crippen molar-refractivity contribution in [3.8, 4) is 44.5 Å². The van der Waals surface area contributed by atoms with Crippen LogP contribution in [0.5, 0.6) is 0 Å². The summed E-state index contributed by atoms with van der Waals surface area (Å²) in [5.41, 5.74) is 13.9. The van der Waals surface area contributed by atoms with Crippen molar-refractivity contribution in [2.75, 3.05) is 0 Å². The summed E-state index contributed by atoms with van der Waals surface area (Å²) in [6, 6.07) is 24.1. The summed E-state index contributed by atoms with van der Waals surface area (Å²) in [7, 11) is 0. The molecule has 7 aromatic heterocycles. The minimum absolute atomic E-state index is 0. The molecule has 2 aliphatic heterocycles. The molecule has 0 N–H and O–H groups in total. The molecular weight excluding hydrogens is 656 g/mol. The Balaban J connectivity index is 0.00000348. The number of rotatable bonds is 4. The summed E-state index contributed by atoms with van der Waals surface area (Å²) in [6.45, 7) is 0. The first kappa shape index (κ1) is 30.1. The molecule has 9 heterocycles. The molecule has 7 aromatic rings. The fourth-order valence-corrected chi connectivity index (χ4v) is 6.34. The number of aromatic nitrogens is 8. The maximum absolute atomic E-state index is 5.25. The molecule has 0 amide bonds. The molecule has 8 nitrogen and oxygen atoms in total. The second kappa shape index (κ2) is 12.7. The normalized spacial score (nSPS) is 11.8. The van der Waals surface area contributed by atoms with Crippen LogP contribution in [0.3, 0.4) is 0 Å². The predicted octanol–water partition coefficient (Wildman–Crippen LogP) is 8.16. The number of hydrogen-bond acceptors (Lipinski definition) is 6. The molecule has 0 unspecified atom stereocenters. The first-order valence-corrected chi connectivity index (χ1v) is 15.5. The summed E-state index contributed by atoms with van der Waals surface area (Å²) in [5.74, 6) is 0. The van der Waals surface area contributed by atoms with Gasteiger partial charge in [0.15, 0.2) is 0 Å². The summed E-state index contributed by atoms with van der Waals surface area (Å²) < 4.78 is 0. The zero-order valence-corrected chi connectivity index (χ0v) is 26.7. The quantitative estimate of drug-likeness (QED) is 0.172. The van der Waals surface area contributed by atoms with Gasteiger partial charge in [-0.1, -0.05) is 24.3 Å². The van der Waals surface area contributed by atoms with Gasteiger partial charge in [-0.3, -0.25) is 19.9 Å². The molecule has 1 radical (unpaired) electrons. The monoisotopic (exact) mass is 679 g/mol. The smallest absolute Gasteiger partial charge is 0.657 e. The van der Waals surface area contributed by atoms with E-state index < -0.39 is 0 Å². The van der Waals surface area contributed by atoms with Crippen LogP contribution < -0.4 is 9.97 Å². The minimum atomic E-state index is 0. The van der Waals surface area contributed by atoms with Crippen LogP contribution in [0, 0.1) is 0 Å². The molecule has 9 heteroatoms. The van der Waals surface area contributed by atoms with Crippen molar-refractivity contribution in [3.05, 3.63) is 145 Å². The first-order chi connectivity index (χ1) is 23.8. The van der Waals surface area contributed by atoms with E-state index in [0.29, 0.717) is 0 Å². The average molecular weight is 680 g/mol. The van der Waals surface area contributed by atoms with Crippen LogP contribution in [0.15, 0.2) is 122 Å². The Labute approximate surface area is 292 Å². The summed E-state index contributed by atoms with van der Waals surface area (Å²) in [5, 5.41) is 0. The fraction of sp³-hybridized carbons (Fsp3) is 0. The van der Waals surface area contributed by atoms with Gasteiger partial charge in [-0.05, 0) is 117 Å². The molecule has 0 fully saturated rings. The Bertz CT molecular complexity index is 2190. The van der Waals surface area contributed by atoms with Crippen LogP contribution in [0.25, 0.3) is 90.9 Å². The summed E-state index contributed by atoms with van der Waals surface area (Å²) >= 11 is 0. The molecule has 0 aromatic carbocycles. The van der Waals surface area contributed by atoms with Gasteiger partial charge in [0, 0.05) is 49.6 Å². The van der Waals surface area contributed by atoms with Crippen LogP contribution in [-0.4, -0.2) is 29.9 Å². The molecular formula is C40H24CuN8. The third-order valence-corrected chi connectivity index (χ3v) is 8.49. The summed E-state index contributed by atoms with van der Waals surface area (Å²) in [6.07, 6.45) is 22.5. The van der Waals surface area contributed by atoms with Crippen molar-refractivity contribution in [1.82, 2.24) is 39.9 Å². The van der Waals surface area contributed by atoms with E-state index in [9.17, 15) is 0 Å². The van der Waals surface area contributed by atoms with Gasteiger partial charge in [0.25, 0.3) is 0 Å². The van der Waals surface area contributed by atoms with Gasteiger partial charge < -0.3 is 9.97 Å². The van der Waals surface area contributed by atoms with Crippen molar-refractivity contribution in [1.29, 1.82) is 0 Å². The van der Waals surface area contributed by atoms with Gasteiger partial charge in [-0.15, -0.1) is 22.1 Å². The van der Waals surface area contributed by atoms with E-state index >= 15 is 0 Å². The van der Waals surface area contributed by atoms with E-state index in [-0.39, 0.29) is 17.1 Å². The van der Waals surface area contributed by atoms with Crippen LogP contribution in [0.2, 0.25) is 0 Å². The van der Waals surface area contributed by atoms with Crippen LogP contribution in [0.1, 0.15) is 22.8 Å². The van der Waals surface area contributed by atoms with E-state index in [2.05, 4.69) is 68.5 Å². The van der Waals surface area contributed by atoms with E-state index in [0.717, 1.165) is 89.4 Å². The van der Waals surface area contributed by atoms with Crippen LogP contribution in [0.4, 0.5) is 0 Å². The van der Waals surface area contributed by atoms with Crippen molar-refractivity contribution in [3.63, 3.8) is 0 Å². The Kier molecular flexibility index (Phi) is 7.81. The van der Waals surface area contributed by atoms with Gasteiger partial charge >= 0.3 is 17.1 Å². The topological polar surface area (TPSA) is 106 Å². The number of nitrogens with zero attached hydrogens (tertiary/aromatic N) is 8. The molecule has 49 heavy (non-hydrogen) atoms. The third kappa shape index (κ3) is 5.47. The Morgan fingerprint density at radius 1 is 0.306 bits per heavy atom. The van der Waals surface area contributed by atoms with Gasteiger partial charge in [-0.2, -0.15) is 0 Å². The molecule has 9 rings (SSSR count). The molecule has 0 atom stereocenters. The van der Waals surface area contributed by atoms with E-state index in [4.69, 9.17) is 19.9 Å². The molecule has 0 spiro atoms. The molecule has 8 bridgehead atoms. The zero-order chi connectivity index (χ0) is 31.9. The first-order valence-electron chi connectivity index (χ1n) is 15.5. The van der Waals surface area contributed by atoms with Gasteiger partial charge in [0.1, 0.15) is 0 Å². The number of fused-ring (bicyclic) bond motifs is 8. The summed E-state index contributed by atoms with van der Waals surface area (Å²) in [4.78, 5) is 38.1. The molecule has 0 saturated heterocycles. The van der Waals surface area contributed by atoms with Crippen molar-refractivity contribution in [2.24, 2.45) is 0 Å². The average Bonchev–Trinajstić information content (AvgIpc) is 3.98. The largest absolute Gasteiger partial charge is 2.00 e. The maximum Gasteiger partial charge on any atom is 2.00 e. The number of hydrogen-bond donors (Lipinski definition) is 0. The van der Waals surface area contributed by atoms with Crippen LogP contribution >= 0.6 is 0 Å². The van der Waals surface area contributed by atoms with Gasteiger partial charge in [0.2, 0.25) is 0 Å². The Morgan fingerprint density at radius 2 is 0.531 bits per heavy atom. The minimum Gasteiger partial charge on any atom is -0.657 e. The maximum atomic E-state index is 5.25. The SMILES string of the molecule is C1=Cc2nc1c(-c1ccncc1)c1ccc([n-]1)c(-c1ccncc1)c1nc(c(-c3ccncc3)c3ccc([n-]3)c2-c2ccncc2)C=C1.[Cu+2]. The molecule has 235 valence electrons.